The summed E-state index contributed by atoms with van der Waals surface area (Å²) in [5.41, 5.74) is 13.3. The van der Waals surface area contributed by atoms with Gasteiger partial charge in [0.15, 0.2) is 0 Å². The first kappa shape index (κ1) is 25.7. The molecule has 0 aromatic heterocycles. The number of amides is 2. The van der Waals surface area contributed by atoms with E-state index < -0.39 is 5.54 Å². The normalized spacial score (nSPS) is 27.2. The molecule has 1 aliphatic heterocycles. The second-order valence-electron chi connectivity index (χ2n) is 8.47. The van der Waals surface area contributed by atoms with Gasteiger partial charge in [-0.05, 0) is 56.8 Å². The average Bonchev–Trinajstić information content (AvgIpc) is 2.63. The van der Waals surface area contributed by atoms with Crippen LogP contribution in [-0.2, 0) is 16.1 Å². The standard InChI is InChI=1S/C21H32N4O2.2ClH/c1-21(23)11-3-2-6-18(21)20(27)24-17-9-7-15(8-10-17)13-25-12-4-5-16(14-25)19(22)26;;/h7-10,16,18H,2-6,11-14,23H2,1H3,(H2,22,26)(H,24,27);2*1H. The second kappa shape index (κ2) is 11.2. The zero-order chi connectivity index (χ0) is 19.4. The maximum Gasteiger partial charge on any atom is 0.229 e. The van der Waals surface area contributed by atoms with Crippen LogP contribution in [0.5, 0.6) is 0 Å². The molecular formula is C21H34Cl2N4O2. The first-order chi connectivity index (χ1) is 12.8. The molecule has 1 heterocycles. The van der Waals surface area contributed by atoms with Gasteiger partial charge in [-0.15, -0.1) is 24.8 Å². The number of likely N-dealkylation sites (tertiary alicyclic amines) is 1. The third-order valence-electron chi connectivity index (χ3n) is 6.11. The molecule has 1 aromatic rings. The SMILES string of the molecule is CC1(N)CCCCC1C(=O)Nc1ccc(CN2CCCC(C(N)=O)C2)cc1.Cl.Cl. The van der Waals surface area contributed by atoms with Crippen LogP contribution < -0.4 is 16.8 Å². The molecule has 2 fully saturated rings. The largest absolute Gasteiger partial charge is 0.369 e. The third-order valence-corrected chi connectivity index (χ3v) is 6.11. The fourth-order valence-electron chi connectivity index (χ4n) is 4.40. The van der Waals surface area contributed by atoms with Crippen LogP contribution in [0.15, 0.2) is 24.3 Å². The van der Waals surface area contributed by atoms with E-state index in [0.29, 0.717) is 0 Å². The Morgan fingerprint density at radius 3 is 2.45 bits per heavy atom. The van der Waals surface area contributed by atoms with Gasteiger partial charge >= 0.3 is 0 Å². The molecule has 5 N–H and O–H groups in total. The van der Waals surface area contributed by atoms with Crippen molar-refractivity contribution in [3.8, 4) is 0 Å². The summed E-state index contributed by atoms with van der Waals surface area (Å²) < 4.78 is 0. The lowest BCUT2D eigenvalue weighted by Crippen LogP contribution is -2.51. The number of nitrogens with zero attached hydrogens (tertiary/aromatic N) is 1. The van der Waals surface area contributed by atoms with Gasteiger partial charge in [0.1, 0.15) is 0 Å². The Morgan fingerprint density at radius 1 is 1.14 bits per heavy atom. The van der Waals surface area contributed by atoms with Crippen LogP contribution in [0, 0.1) is 11.8 Å². The number of primary amides is 1. The highest BCUT2D eigenvalue weighted by atomic mass is 35.5. The lowest BCUT2D eigenvalue weighted by Gasteiger charge is -2.37. The van der Waals surface area contributed by atoms with Gasteiger partial charge in [0, 0.05) is 24.3 Å². The molecule has 3 rings (SSSR count). The summed E-state index contributed by atoms with van der Waals surface area (Å²) in [5.74, 6) is -0.358. The smallest absolute Gasteiger partial charge is 0.229 e. The summed E-state index contributed by atoms with van der Waals surface area (Å²) in [6.45, 7) is 4.49. The van der Waals surface area contributed by atoms with Crippen molar-refractivity contribution in [3.05, 3.63) is 29.8 Å². The molecule has 2 aliphatic rings. The number of hydrogen-bond acceptors (Lipinski definition) is 4. The van der Waals surface area contributed by atoms with Gasteiger partial charge in [-0.25, -0.2) is 0 Å². The fraction of sp³-hybridized carbons (Fsp3) is 0.619. The van der Waals surface area contributed by atoms with Crippen molar-refractivity contribution < 1.29 is 9.59 Å². The number of nitrogens with two attached hydrogens (primary N) is 2. The number of benzene rings is 1. The predicted molar refractivity (Wildman–Crippen MR) is 121 cm³/mol. The molecule has 3 unspecified atom stereocenters. The van der Waals surface area contributed by atoms with Crippen LogP contribution >= 0.6 is 24.8 Å². The molecule has 0 bridgehead atoms. The highest BCUT2D eigenvalue weighted by Crippen LogP contribution is 2.32. The van der Waals surface area contributed by atoms with Gasteiger partial charge in [-0.3, -0.25) is 14.5 Å². The Balaban J connectivity index is 0.00000210. The number of anilines is 1. The van der Waals surface area contributed by atoms with Gasteiger partial charge in [0.05, 0.1) is 11.8 Å². The molecule has 3 atom stereocenters. The van der Waals surface area contributed by atoms with E-state index in [1.807, 2.05) is 31.2 Å². The average molecular weight is 445 g/mol. The van der Waals surface area contributed by atoms with E-state index in [9.17, 15) is 9.59 Å². The first-order valence-electron chi connectivity index (χ1n) is 10.1. The summed E-state index contributed by atoms with van der Waals surface area (Å²) in [6, 6.07) is 7.96. The number of hydrogen-bond donors (Lipinski definition) is 3. The number of piperidine rings is 1. The molecule has 1 saturated carbocycles. The molecular weight excluding hydrogens is 411 g/mol. The molecule has 29 heavy (non-hydrogen) atoms. The van der Waals surface area contributed by atoms with Crippen molar-refractivity contribution in [1.82, 2.24) is 4.90 Å². The van der Waals surface area contributed by atoms with Crippen LogP contribution in [0.4, 0.5) is 5.69 Å². The van der Waals surface area contributed by atoms with E-state index in [2.05, 4.69) is 10.2 Å². The molecule has 1 saturated heterocycles. The molecule has 0 spiro atoms. The molecule has 8 heteroatoms. The van der Waals surface area contributed by atoms with Gasteiger partial charge < -0.3 is 16.8 Å². The molecule has 1 aliphatic carbocycles. The molecule has 1 aromatic carbocycles. The highest BCUT2D eigenvalue weighted by molar-refractivity contribution is 5.93. The predicted octanol–water partition coefficient (Wildman–Crippen LogP) is 3.07. The van der Waals surface area contributed by atoms with E-state index in [-0.39, 0.29) is 48.5 Å². The number of carbonyl (C=O) groups is 2. The summed E-state index contributed by atoms with van der Waals surface area (Å²) in [6.07, 6.45) is 5.79. The number of halogens is 2. The second-order valence-corrected chi connectivity index (χ2v) is 8.47. The Labute approximate surface area is 186 Å². The Morgan fingerprint density at radius 2 is 1.83 bits per heavy atom. The molecule has 6 nitrogen and oxygen atoms in total. The lowest BCUT2D eigenvalue weighted by molar-refractivity contribution is -0.124. The van der Waals surface area contributed by atoms with Gasteiger partial charge in [-0.2, -0.15) is 0 Å². The van der Waals surface area contributed by atoms with E-state index in [0.717, 1.165) is 63.8 Å². The Bertz CT molecular complexity index is 682. The third kappa shape index (κ3) is 6.85. The number of carbonyl (C=O) groups excluding carboxylic acids is 2. The van der Waals surface area contributed by atoms with E-state index >= 15 is 0 Å². The van der Waals surface area contributed by atoms with E-state index in [1.165, 1.54) is 5.56 Å². The maximum atomic E-state index is 12.6. The van der Waals surface area contributed by atoms with Crippen LogP contribution in [-0.4, -0.2) is 35.3 Å². The minimum absolute atomic E-state index is 0. The minimum Gasteiger partial charge on any atom is -0.369 e. The first-order valence-corrected chi connectivity index (χ1v) is 10.1. The van der Waals surface area contributed by atoms with Crippen molar-refractivity contribution in [2.45, 2.75) is 57.5 Å². The summed E-state index contributed by atoms with van der Waals surface area (Å²) in [4.78, 5) is 26.3. The highest BCUT2D eigenvalue weighted by Gasteiger charge is 2.37. The topological polar surface area (TPSA) is 101 Å². The van der Waals surface area contributed by atoms with Gasteiger partial charge in [-0.1, -0.05) is 25.0 Å². The zero-order valence-electron chi connectivity index (χ0n) is 17.1. The Kier molecular flexibility index (Phi) is 9.89. The summed E-state index contributed by atoms with van der Waals surface area (Å²) >= 11 is 0. The van der Waals surface area contributed by atoms with Crippen LogP contribution in [0.3, 0.4) is 0 Å². The molecule has 2 amide bonds. The number of nitrogens with one attached hydrogen (secondary N) is 1. The van der Waals surface area contributed by atoms with Gasteiger partial charge in [0.2, 0.25) is 11.8 Å². The van der Waals surface area contributed by atoms with Crippen molar-refractivity contribution in [2.24, 2.45) is 23.3 Å². The van der Waals surface area contributed by atoms with Crippen LogP contribution in [0.25, 0.3) is 0 Å². The van der Waals surface area contributed by atoms with Crippen LogP contribution in [0.1, 0.15) is 51.0 Å². The summed E-state index contributed by atoms with van der Waals surface area (Å²) in [7, 11) is 0. The van der Waals surface area contributed by atoms with Crippen LogP contribution in [0.2, 0.25) is 0 Å². The minimum atomic E-state index is -0.423. The molecule has 164 valence electrons. The fourth-order valence-corrected chi connectivity index (χ4v) is 4.40. The quantitative estimate of drug-likeness (QED) is 0.648. The van der Waals surface area contributed by atoms with E-state index in [1.54, 1.807) is 0 Å². The monoisotopic (exact) mass is 444 g/mol. The number of rotatable bonds is 5. The van der Waals surface area contributed by atoms with Crippen molar-refractivity contribution in [1.29, 1.82) is 0 Å². The van der Waals surface area contributed by atoms with Crippen molar-refractivity contribution >= 4 is 42.3 Å². The maximum absolute atomic E-state index is 12.6. The van der Waals surface area contributed by atoms with Gasteiger partial charge in [0.25, 0.3) is 0 Å². The van der Waals surface area contributed by atoms with Crippen molar-refractivity contribution in [2.75, 3.05) is 18.4 Å². The Hall–Kier alpha value is -1.34. The lowest BCUT2D eigenvalue weighted by atomic mass is 9.74. The zero-order valence-corrected chi connectivity index (χ0v) is 18.7. The molecule has 0 radical (unpaired) electrons. The van der Waals surface area contributed by atoms with Crippen molar-refractivity contribution in [3.63, 3.8) is 0 Å². The summed E-state index contributed by atoms with van der Waals surface area (Å²) in [5, 5.41) is 3.03. The van der Waals surface area contributed by atoms with E-state index in [4.69, 9.17) is 11.5 Å².